The summed E-state index contributed by atoms with van der Waals surface area (Å²) in [4.78, 5) is 10.3. The van der Waals surface area contributed by atoms with Gasteiger partial charge < -0.3 is 5.11 Å². The zero-order valence-electron chi connectivity index (χ0n) is 18.8. The molecule has 0 saturated carbocycles. The largest absolute Gasteiger partial charge is 0.478 e. The lowest BCUT2D eigenvalue weighted by molar-refractivity contribution is -0.131. The SMILES string of the molecule is CCCCCCCCCCCCCCCCCCCCC/C=C\C=C/C(=O)O. The zero-order chi connectivity index (χ0) is 20.5. The second-order valence-electron chi connectivity index (χ2n) is 8.28. The highest BCUT2D eigenvalue weighted by atomic mass is 16.4. The van der Waals surface area contributed by atoms with Crippen molar-refractivity contribution < 1.29 is 9.90 Å². The van der Waals surface area contributed by atoms with Gasteiger partial charge in [0.25, 0.3) is 0 Å². The smallest absolute Gasteiger partial charge is 0.328 e. The van der Waals surface area contributed by atoms with Crippen LogP contribution in [0.2, 0.25) is 0 Å². The van der Waals surface area contributed by atoms with Gasteiger partial charge in [0.1, 0.15) is 0 Å². The van der Waals surface area contributed by atoms with Crippen LogP contribution in [-0.4, -0.2) is 11.1 Å². The van der Waals surface area contributed by atoms with Crippen LogP contribution in [0.4, 0.5) is 0 Å². The van der Waals surface area contributed by atoms with E-state index in [2.05, 4.69) is 13.0 Å². The first-order valence-corrected chi connectivity index (χ1v) is 12.3. The molecule has 0 rings (SSSR count). The third-order valence-electron chi connectivity index (χ3n) is 5.46. The van der Waals surface area contributed by atoms with Crippen molar-refractivity contribution in [2.45, 2.75) is 135 Å². The Balaban J connectivity index is 3.07. The van der Waals surface area contributed by atoms with Crippen molar-refractivity contribution >= 4 is 5.97 Å². The van der Waals surface area contributed by atoms with Crippen LogP contribution in [0.1, 0.15) is 135 Å². The van der Waals surface area contributed by atoms with E-state index < -0.39 is 5.97 Å². The number of rotatable bonds is 22. The zero-order valence-corrected chi connectivity index (χ0v) is 18.8. The summed E-state index contributed by atoms with van der Waals surface area (Å²) >= 11 is 0. The number of hydrogen-bond donors (Lipinski definition) is 1. The van der Waals surface area contributed by atoms with Crippen molar-refractivity contribution in [3.8, 4) is 0 Å². The van der Waals surface area contributed by atoms with Gasteiger partial charge >= 0.3 is 5.97 Å². The number of carboxylic acid groups (broad SMARTS) is 1. The van der Waals surface area contributed by atoms with Crippen LogP contribution in [0.3, 0.4) is 0 Å². The molecule has 0 aromatic rings. The van der Waals surface area contributed by atoms with E-state index >= 15 is 0 Å². The average molecular weight is 393 g/mol. The van der Waals surface area contributed by atoms with Crippen LogP contribution in [0.25, 0.3) is 0 Å². The summed E-state index contributed by atoms with van der Waals surface area (Å²) in [6, 6.07) is 0. The van der Waals surface area contributed by atoms with E-state index in [1.807, 2.05) is 6.08 Å². The van der Waals surface area contributed by atoms with E-state index in [1.165, 1.54) is 128 Å². The van der Waals surface area contributed by atoms with Crippen molar-refractivity contribution in [2.24, 2.45) is 0 Å². The van der Waals surface area contributed by atoms with E-state index in [0.717, 1.165) is 6.42 Å². The maximum atomic E-state index is 10.3. The number of aliphatic carboxylic acids is 1. The molecule has 0 saturated heterocycles. The molecule has 2 heteroatoms. The van der Waals surface area contributed by atoms with Crippen molar-refractivity contribution in [3.05, 3.63) is 24.3 Å². The number of carbonyl (C=O) groups is 1. The maximum absolute atomic E-state index is 10.3. The molecule has 0 radical (unpaired) electrons. The second-order valence-corrected chi connectivity index (χ2v) is 8.28. The lowest BCUT2D eigenvalue weighted by Gasteiger charge is -2.03. The van der Waals surface area contributed by atoms with Gasteiger partial charge in [-0.1, -0.05) is 141 Å². The summed E-state index contributed by atoms with van der Waals surface area (Å²) in [6.45, 7) is 2.29. The van der Waals surface area contributed by atoms with E-state index in [1.54, 1.807) is 6.08 Å². The van der Waals surface area contributed by atoms with Crippen molar-refractivity contribution in [3.63, 3.8) is 0 Å². The summed E-state index contributed by atoms with van der Waals surface area (Å²) in [5, 5.41) is 8.46. The van der Waals surface area contributed by atoms with E-state index in [4.69, 9.17) is 5.11 Å². The molecule has 164 valence electrons. The Bertz CT molecular complexity index is 371. The molecule has 28 heavy (non-hydrogen) atoms. The molecule has 1 N–H and O–H groups in total. The first-order chi connectivity index (χ1) is 13.8. The molecule has 0 aliphatic heterocycles. The highest BCUT2D eigenvalue weighted by Gasteiger charge is 1.95. The molecule has 0 fully saturated rings. The second kappa shape index (κ2) is 24.0. The third-order valence-corrected chi connectivity index (χ3v) is 5.46. The number of unbranched alkanes of at least 4 members (excludes halogenated alkanes) is 19. The van der Waals surface area contributed by atoms with Crippen LogP contribution in [-0.2, 0) is 4.79 Å². The molecule has 0 aliphatic carbocycles. The Morgan fingerprint density at radius 3 is 1.29 bits per heavy atom. The van der Waals surface area contributed by atoms with Crippen LogP contribution < -0.4 is 0 Å². The van der Waals surface area contributed by atoms with Gasteiger partial charge in [-0.15, -0.1) is 0 Å². The fourth-order valence-electron chi connectivity index (χ4n) is 3.65. The lowest BCUT2D eigenvalue weighted by Crippen LogP contribution is -1.84. The van der Waals surface area contributed by atoms with E-state index in [-0.39, 0.29) is 0 Å². The Morgan fingerprint density at radius 1 is 0.571 bits per heavy atom. The fourth-order valence-corrected chi connectivity index (χ4v) is 3.65. The standard InChI is InChI=1S/C26H48O2/c1-2-3-4-5-6-7-8-9-10-11-12-13-14-15-16-17-18-19-20-21-22-23-24-25-26(27)28/h22-25H,2-21H2,1H3,(H,27,28)/b23-22-,25-24-. The average Bonchev–Trinajstić information content (AvgIpc) is 2.68. The van der Waals surface area contributed by atoms with Crippen molar-refractivity contribution in [2.75, 3.05) is 0 Å². The molecule has 0 unspecified atom stereocenters. The lowest BCUT2D eigenvalue weighted by atomic mass is 10.0. The van der Waals surface area contributed by atoms with Gasteiger partial charge in [0.15, 0.2) is 0 Å². The minimum atomic E-state index is -0.881. The molecule has 0 atom stereocenters. The summed E-state index contributed by atoms with van der Waals surface area (Å²) in [5.41, 5.74) is 0. The van der Waals surface area contributed by atoms with Crippen LogP contribution in [0.15, 0.2) is 24.3 Å². The molecular formula is C26H48O2. The first-order valence-electron chi connectivity index (χ1n) is 12.3. The Labute approximate surface area is 175 Å². The minimum Gasteiger partial charge on any atom is -0.478 e. The summed E-state index contributed by atoms with van der Waals surface area (Å²) in [5.74, 6) is -0.881. The summed E-state index contributed by atoms with van der Waals surface area (Å²) in [6.07, 6.45) is 34.5. The van der Waals surface area contributed by atoms with Gasteiger partial charge in [-0.2, -0.15) is 0 Å². The van der Waals surface area contributed by atoms with Gasteiger partial charge in [0.05, 0.1) is 0 Å². The molecular weight excluding hydrogens is 344 g/mol. The highest BCUT2D eigenvalue weighted by Crippen LogP contribution is 2.14. The summed E-state index contributed by atoms with van der Waals surface area (Å²) in [7, 11) is 0. The molecule has 0 amide bonds. The minimum absolute atomic E-state index is 0.881. The van der Waals surface area contributed by atoms with Gasteiger partial charge in [0.2, 0.25) is 0 Å². The van der Waals surface area contributed by atoms with E-state index in [0.29, 0.717) is 0 Å². The number of carboxylic acids is 1. The quantitative estimate of drug-likeness (QED) is 0.113. The van der Waals surface area contributed by atoms with E-state index in [9.17, 15) is 4.79 Å². The Kier molecular flexibility index (Phi) is 23.1. The molecule has 0 aliphatic rings. The summed E-state index contributed by atoms with van der Waals surface area (Å²) < 4.78 is 0. The van der Waals surface area contributed by atoms with Crippen LogP contribution in [0, 0.1) is 0 Å². The maximum Gasteiger partial charge on any atom is 0.328 e. The Morgan fingerprint density at radius 2 is 0.929 bits per heavy atom. The Hall–Kier alpha value is -1.05. The van der Waals surface area contributed by atoms with Crippen LogP contribution in [0.5, 0.6) is 0 Å². The molecule has 0 spiro atoms. The predicted molar refractivity (Wildman–Crippen MR) is 124 cm³/mol. The molecule has 0 aromatic carbocycles. The normalized spacial score (nSPS) is 11.8. The molecule has 2 nitrogen and oxygen atoms in total. The van der Waals surface area contributed by atoms with Crippen LogP contribution >= 0.6 is 0 Å². The van der Waals surface area contributed by atoms with Crippen molar-refractivity contribution in [1.29, 1.82) is 0 Å². The monoisotopic (exact) mass is 392 g/mol. The van der Waals surface area contributed by atoms with Gasteiger partial charge in [-0.05, 0) is 12.8 Å². The molecule has 0 bridgehead atoms. The third kappa shape index (κ3) is 24.9. The molecule has 0 aromatic heterocycles. The van der Waals surface area contributed by atoms with Gasteiger partial charge in [-0.25, -0.2) is 4.79 Å². The molecule has 0 heterocycles. The van der Waals surface area contributed by atoms with Crippen molar-refractivity contribution in [1.82, 2.24) is 0 Å². The highest BCUT2D eigenvalue weighted by molar-refractivity contribution is 5.80. The number of hydrogen-bond acceptors (Lipinski definition) is 1. The van der Waals surface area contributed by atoms with Gasteiger partial charge in [0, 0.05) is 6.08 Å². The fraction of sp³-hybridized carbons (Fsp3) is 0.808. The first kappa shape index (κ1) is 27.0. The van der Waals surface area contributed by atoms with Gasteiger partial charge in [-0.3, -0.25) is 0 Å². The predicted octanol–water partition coefficient (Wildman–Crippen LogP) is 9.01. The number of allylic oxidation sites excluding steroid dienone is 3. The topological polar surface area (TPSA) is 37.3 Å².